The van der Waals surface area contributed by atoms with Crippen LogP contribution in [0.2, 0.25) is 0 Å². The summed E-state index contributed by atoms with van der Waals surface area (Å²) in [6.07, 6.45) is 1.27. The van der Waals surface area contributed by atoms with Gasteiger partial charge in [0, 0.05) is 11.8 Å². The number of benzene rings is 1. The van der Waals surface area contributed by atoms with Crippen LogP contribution >= 0.6 is 0 Å². The van der Waals surface area contributed by atoms with Crippen LogP contribution in [0.25, 0.3) is 0 Å². The van der Waals surface area contributed by atoms with Crippen LogP contribution in [0.5, 0.6) is 0 Å². The van der Waals surface area contributed by atoms with E-state index < -0.39 is 6.23 Å². The molecule has 2 heterocycles. The molecule has 1 atom stereocenters. The number of cyclic esters (lactones) is 1. The molecule has 0 bridgehead atoms. The third-order valence-corrected chi connectivity index (χ3v) is 2.88. The van der Waals surface area contributed by atoms with E-state index in [1.807, 2.05) is 37.3 Å². The highest BCUT2D eigenvalue weighted by molar-refractivity contribution is 5.94. The first-order valence-electron chi connectivity index (χ1n) is 5.73. The number of aromatic nitrogens is 1. The predicted molar refractivity (Wildman–Crippen MR) is 67.2 cm³/mol. The van der Waals surface area contributed by atoms with E-state index >= 15 is 0 Å². The molecule has 0 saturated heterocycles. The highest BCUT2D eigenvalue weighted by atomic mass is 16.6. The Bertz CT molecular complexity index is 610. The Kier molecular flexibility index (Phi) is 2.48. The van der Waals surface area contributed by atoms with Gasteiger partial charge in [0.1, 0.15) is 5.82 Å². The van der Waals surface area contributed by atoms with Gasteiger partial charge in [0.15, 0.2) is 0 Å². The number of pyridine rings is 1. The van der Waals surface area contributed by atoms with Crippen molar-refractivity contribution < 1.29 is 9.53 Å². The molecule has 0 amide bonds. The predicted octanol–water partition coefficient (Wildman–Crippen LogP) is 2.67. The Morgan fingerprint density at radius 3 is 2.94 bits per heavy atom. The van der Waals surface area contributed by atoms with Gasteiger partial charge in [-0.1, -0.05) is 18.2 Å². The van der Waals surface area contributed by atoms with Crippen molar-refractivity contribution in [1.29, 1.82) is 0 Å². The Labute approximate surface area is 105 Å². The van der Waals surface area contributed by atoms with Crippen molar-refractivity contribution in [2.75, 3.05) is 5.32 Å². The number of aryl methyl sites for hydroxylation is 1. The lowest BCUT2D eigenvalue weighted by atomic mass is 10.1. The maximum Gasteiger partial charge on any atom is 0.340 e. The second kappa shape index (κ2) is 4.14. The molecule has 90 valence electrons. The van der Waals surface area contributed by atoms with E-state index in [0.29, 0.717) is 11.4 Å². The third-order valence-electron chi connectivity index (χ3n) is 2.88. The zero-order chi connectivity index (χ0) is 12.5. The van der Waals surface area contributed by atoms with Gasteiger partial charge in [-0.05, 0) is 30.7 Å². The number of anilines is 1. The lowest BCUT2D eigenvalue weighted by molar-refractivity contribution is 0.0436. The number of fused-ring (bicyclic) bond motifs is 1. The number of ether oxygens (including phenoxy) is 1. The number of rotatable bonds is 2. The molecular formula is C14H12N2O2. The lowest BCUT2D eigenvalue weighted by Gasteiger charge is -2.13. The van der Waals surface area contributed by atoms with Crippen LogP contribution in [0.4, 0.5) is 5.82 Å². The second-order valence-electron chi connectivity index (χ2n) is 4.24. The number of nitrogens with one attached hydrogen (secondary N) is 1. The minimum absolute atomic E-state index is 0.296. The van der Waals surface area contributed by atoms with E-state index in [1.165, 1.54) is 0 Å². The molecule has 2 aromatic rings. The van der Waals surface area contributed by atoms with Gasteiger partial charge in [-0.2, -0.15) is 0 Å². The zero-order valence-electron chi connectivity index (χ0n) is 9.88. The summed E-state index contributed by atoms with van der Waals surface area (Å²) in [5.74, 6) is 0.403. The minimum atomic E-state index is -0.456. The Balaban J connectivity index is 1.90. The van der Waals surface area contributed by atoms with Gasteiger partial charge in [0.25, 0.3) is 0 Å². The van der Waals surface area contributed by atoms with Crippen molar-refractivity contribution in [3.8, 4) is 0 Å². The molecule has 0 fully saturated rings. The summed E-state index contributed by atoms with van der Waals surface area (Å²) in [6, 6.07) is 11.2. The average molecular weight is 240 g/mol. The SMILES string of the molecule is Cc1ccnc(N[C@H]2OC(=O)c3ccccc32)c1. The fourth-order valence-corrected chi connectivity index (χ4v) is 2.00. The summed E-state index contributed by atoms with van der Waals surface area (Å²) >= 11 is 0. The molecule has 0 aliphatic carbocycles. The van der Waals surface area contributed by atoms with Crippen LogP contribution in [0.1, 0.15) is 27.7 Å². The highest BCUT2D eigenvalue weighted by Gasteiger charge is 2.30. The zero-order valence-corrected chi connectivity index (χ0v) is 9.88. The van der Waals surface area contributed by atoms with Gasteiger partial charge >= 0.3 is 5.97 Å². The normalized spacial score (nSPS) is 17.2. The van der Waals surface area contributed by atoms with Gasteiger partial charge < -0.3 is 10.1 Å². The van der Waals surface area contributed by atoms with Crippen LogP contribution < -0.4 is 5.32 Å². The smallest absolute Gasteiger partial charge is 0.340 e. The molecule has 1 aliphatic heterocycles. The molecule has 1 aromatic heterocycles. The van der Waals surface area contributed by atoms with Crippen molar-refractivity contribution in [3.63, 3.8) is 0 Å². The van der Waals surface area contributed by atoms with E-state index in [9.17, 15) is 4.79 Å². The Hall–Kier alpha value is -2.36. The quantitative estimate of drug-likeness (QED) is 0.820. The molecule has 0 saturated carbocycles. The summed E-state index contributed by atoms with van der Waals surface area (Å²) in [5.41, 5.74) is 2.57. The molecule has 1 aliphatic rings. The Morgan fingerprint density at radius 2 is 2.11 bits per heavy atom. The lowest BCUT2D eigenvalue weighted by Crippen LogP contribution is -2.11. The fourth-order valence-electron chi connectivity index (χ4n) is 2.00. The molecular weight excluding hydrogens is 228 g/mol. The summed E-state index contributed by atoms with van der Waals surface area (Å²) in [5, 5.41) is 3.11. The monoisotopic (exact) mass is 240 g/mol. The Morgan fingerprint density at radius 1 is 1.28 bits per heavy atom. The molecule has 0 unspecified atom stereocenters. The number of hydrogen-bond donors (Lipinski definition) is 1. The van der Waals surface area contributed by atoms with E-state index in [1.54, 1.807) is 12.3 Å². The van der Waals surface area contributed by atoms with Crippen molar-refractivity contribution in [3.05, 3.63) is 59.3 Å². The maximum absolute atomic E-state index is 11.7. The van der Waals surface area contributed by atoms with Gasteiger partial charge in [0.2, 0.25) is 6.23 Å². The largest absolute Gasteiger partial charge is 0.434 e. The molecule has 3 rings (SSSR count). The second-order valence-corrected chi connectivity index (χ2v) is 4.24. The van der Waals surface area contributed by atoms with E-state index in [2.05, 4.69) is 10.3 Å². The molecule has 4 nitrogen and oxygen atoms in total. The van der Waals surface area contributed by atoms with Crippen molar-refractivity contribution in [2.45, 2.75) is 13.2 Å². The van der Waals surface area contributed by atoms with Crippen LogP contribution in [-0.2, 0) is 4.74 Å². The highest BCUT2D eigenvalue weighted by Crippen LogP contribution is 2.30. The van der Waals surface area contributed by atoms with Crippen LogP contribution in [0, 0.1) is 6.92 Å². The maximum atomic E-state index is 11.7. The molecule has 1 aromatic carbocycles. The summed E-state index contributed by atoms with van der Waals surface area (Å²) in [4.78, 5) is 15.8. The van der Waals surface area contributed by atoms with Crippen molar-refractivity contribution >= 4 is 11.8 Å². The molecule has 4 heteroatoms. The molecule has 0 spiro atoms. The number of carbonyl (C=O) groups excluding carboxylic acids is 1. The minimum Gasteiger partial charge on any atom is -0.434 e. The molecule has 1 N–H and O–H groups in total. The summed E-state index contributed by atoms with van der Waals surface area (Å²) < 4.78 is 5.29. The number of nitrogens with zero attached hydrogens (tertiary/aromatic N) is 1. The summed E-state index contributed by atoms with van der Waals surface area (Å²) in [6.45, 7) is 1.99. The number of carbonyl (C=O) groups is 1. The third kappa shape index (κ3) is 1.82. The van der Waals surface area contributed by atoms with Crippen LogP contribution in [0.3, 0.4) is 0 Å². The van der Waals surface area contributed by atoms with Gasteiger partial charge in [0.05, 0.1) is 5.56 Å². The molecule has 18 heavy (non-hydrogen) atoms. The number of hydrogen-bond acceptors (Lipinski definition) is 4. The van der Waals surface area contributed by atoms with Gasteiger partial charge in [-0.25, -0.2) is 9.78 Å². The van der Waals surface area contributed by atoms with Crippen LogP contribution in [0.15, 0.2) is 42.6 Å². The fraction of sp³-hybridized carbons (Fsp3) is 0.143. The van der Waals surface area contributed by atoms with Crippen molar-refractivity contribution in [2.24, 2.45) is 0 Å². The van der Waals surface area contributed by atoms with Crippen LogP contribution in [-0.4, -0.2) is 11.0 Å². The first-order valence-corrected chi connectivity index (χ1v) is 5.73. The standard InChI is InChI=1S/C14H12N2O2/c1-9-6-7-15-12(8-9)16-13-10-4-2-3-5-11(10)14(17)18-13/h2-8,13H,1H3,(H,15,16)/t13-/m0/s1. The number of esters is 1. The van der Waals surface area contributed by atoms with E-state index in [4.69, 9.17) is 4.74 Å². The van der Waals surface area contributed by atoms with Gasteiger partial charge in [-0.15, -0.1) is 0 Å². The van der Waals surface area contributed by atoms with E-state index in [0.717, 1.165) is 11.1 Å². The topological polar surface area (TPSA) is 51.2 Å². The van der Waals surface area contributed by atoms with E-state index in [-0.39, 0.29) is 5.97 Å². The molecule has 0 radical (unpaired) electrons. The first kappa shape index (κ1) is 10.8. The average Bonchev–Trinajstić information content (AvgIpc) is 2.67. The summed E-state index contributed by atoms with van der Waals surface area (Å²) in [7, 11) is 0. The van der Waals surface area contributed by atoms with Gasteiger partial charge in [-0.3, -0.25) is 0 Å². The first-order chi connectivity index (χ1) is 8.74. The van der Waals surface area contributed by atoms with Crippen molar-refractivity contribution in [1.82, 2.24) is 4.98 Å².